The maximum absolute atomic E-state index is 15.1. The molecule has 5 rings (SSSR count). The lowest BCUT2D eigenvalue weighted by atomic mass is 10.1. The Bertz CT molecular complexity index is 1500. The van der Waals surface area contributed by atoms with Gasteiger partial charge in [0.25, 0.3) is 5.91 Å². The van der Waals surface area contributed by atoms with Gasteiger partial charge in [0.2, 0.25) is 5.91 Å². The van der Waals surface area contributed by atoms with E-state index in [0.29, 0.717) is 61.2 Å². The number of hydrogen-bond donors (Lipinski definition) is 3. The van der Waals surface area contributed by atoms with Crippen molar-refractivity contribution in [3.05, 3.63) is 77.8 Å². The van der Waals surface area contributed by atoms with Gasteiger partial charge in [-0.1, -0.05) is 16.4 Å². The van der Waals surface area contributed by atoms with Crippen LogP contribution in [0, 0.1) is 5.82 Å². The Hall–Kier alpha value is -5.27. The Morgan fingerprint density at radius 1 is 1.02 bits per heavy atom. The lowest BCUT2D eigenvalue weighted by Gasteiger charge is -2.36. The quantitative estimate of drug-likeness (QED) is 0.280. The number of carboxylic acid groups (broad SMARTS) is 1. The van der Waals surface area contributed by atoms with E-state index in [4.69, 9.17) is 14.2 Å². The number of amides is 2. The molecule has 3 N–H and O–H groups in total. The molecule has 0 aliphatic carbocycles. The predicted octanol–water partition coefficient (Wildman–Crippen LogP) is 2.25. The summed E-state index contributed by atoms with van der Waals surface area (Å²) < 4.78 is 25.1. The maximum Gasteiger partial charge on any atom is 0.337 e. The summed E-state index contributed by atoms with van der Waals surface area (Å²) in [7, 11) is 0. The number of nitrogens with one attached hydrogen (secondary N) is 2. The van der Waals surface area contributed by atoms with Crippen molar-refractivity contribution in [2.24, 2.45) is 0 Å². The predicted molar refractivity (Wildman–Crippen MR) is 138 cm³/mol. The van der Waals surface area contributed by atoms with Crippen LogP contribution >= 0.6 is 0 Å². The van der Waals surface area contributed by atoms with Gasteiger partial charge in [0.1, 0.15) is 23.5 Å². The normalized spacial score (nSPS) is 13.2. The minimum absolute atomic E-state index is 0.00612. The smallest absolute Gasteiger partial charge is 0.337 e. The van der Waals surface area contributed by atoms with Gasteiger partial charge in [0, 0.05) is 50.1 Å². The second kappa shape index (κ2) is 11.6. The minimum atomic E-state index is -1.15. The Morgan fingerprint density at radius 2 is 1.85 bits per heavy atom. The molecule has 1 aliphatic heterocycles. The molecular weight excluding hydrogens is 525 g/mol. The molecule has 2 amide bonds. The number of benzene rings is 1. The molecule has 1 fully saturated rings. The van der Waals surface area contributed by atoms with Crippen molar-refractivity contribution < 1.29 is 32.9 Å². The number of carbonyl (C=O) groups excluding carboxylic acids is 2. The number of hydrogen-bond acceptors (Lipinski definition) is 10. The Kier molecular flexibility index (Phi) is 7.66. The summed E-state index contributed by atoms with van der Waals surface area (Å²) in [6.45, 7) is 1.63. The zero-order valence-electron chi connectivity index (χ0n) is 21.0. The van der Waals surface area contributed by atoms with Gasteiger partial charge in [-0.15, -0.1) is 0 Å². The molecule has 0 spiro atoms. The highest BCUT2D eigenvalue weighted by Crippen LogP contribution is 2.27. The monoisotopic (exact) mass is 549 g/mol. The van der Waals surface area contributed by atoms with Crippen LogP contribution in [0.4, 0.5) is 15.9 Å². The molecule has 13 nitrogen and oxygen atoms in total. The van der Waals surface area contributed by atoms with Gasteiger partial charge < -0.3 is 34.6 Å². The largest absolute Gasteiger partial charge is 0.478 e. The molecule has 0 saturated carbocycles. The number of halogens is 1. The van der Waals surface area contributed by atoms with Crippen LogP contribution in [0.25, 0.3) is 11.3 Å². The molecule has 0 atom stereocenters. The molecule has 1 aliphatic rings. The highest BCUT2D eigenvalue weighted by Gasteiger charge is 2.24. The Balaban J connectivity index is 1.11. The van der Waals surface area contributed by atoms with E-state index in [-0.39, 0.29) is 23.7 Å². The van der Waals surface area contributed by atoms with Crippen LogP contribution in [-0.4, -0.2) is 75.8 Å². The molecule has 3 aromatic heterocycles. The summed E-state index contributed by atoms with van der Waals surface area (Å²) in [6, 6.07) is 10.8. The molecular formula is C26H24FN7O6. The molecule has 206 valence electrons. The van der Waals surface area contributed by atoms with E-state index in [9.17, 15) is 14.4 Å². The second-order valence-corrected chi connectivity index (χ2v) is 8.87. The third kappa shape index (κ3) is 6.06. The number of aromatic nitrogens is 3. The first kappa shape index (κ1) is 26.3. The van der Waals surface area contributed by atoms with Gasteiger partial charge in [-0.2, -0.15) is 0 Å². The van der Waals surface area contributed by atoms with Crippen LogP contribution < -0.4 is 15.5 Å². The van der Waals surface area contributed by atoms with E-state index in [1.807, 2.05) is 4.90 Å². The molecule has 14 heteroatoms. The van der Waals surface area contributed by atoms with Crippen molar-refractivity contribution >= 4 is 29.3 Å². The summed E-state index contributed by atoms with van der Waals surface area (Å²) in [5, 5.41) is 22.2. The lowest BCUT2D eigenvalue weighted by molar-refractivity contribution is -0.130. The van der Waals surface area contributed by atoms with Crippen molar-refractivity contribution in [3.8, 4) is 11.3 Å². The third-order valence-corrected chi connectivity index (χ3v) is 6.30. The summed E-state index contributed by atoms with van der Waals surface area (Å²) in [5.41, 5.74) is 1.43. The number of pyridine rings is 1. The van der Waals surface area contributed by atoms with Crippen LogP contribution in [0.1, 0.15) is 26.6 Å². The van der Waals surface area contributed by atoms with Crippen molar-refractivity contribution in [3.63, 3.8) is 0 Å². The first-order chi connectivity index (χ1) is 19.4. The van der Waals surface area contributed by atoms with Crippen LogP contribution in [0.5, 0.6) is 0 Å². The van der Waals surface area contributed by atoms with E-state index in [2.05, 4.69) is 25.9 Å². The van der Waals surface area contributed by atoms with E-state index in [0.717, 1.165) is 6.20 Å². The first-order valence-electron chi connectivity index (χ1n) is 12.3. The van der Waals surface area contributed by atoms with Crippen LogP contribution in [0.15, 0.2) is 64.0 Å². The fourth-order valence-electron chi connectivity index (χ4n) is 4.15. The van der Waals surface area contributed by atoms with Crippen molar-refractivity contribution in [1.29, 1.82) is 0 Å². The minimum Gasteiger partial charge on any atom is -0.478 e. The highest BCUT2D eigenvalue weighted by atomic mass is 19.1. The molecule has 1 aromatic carbocycles. The number of piperazine rings is 1. The number of rotatable bonds is 9. The van der Waals surface area contributed by atoms with Crippen molar-refractivity contribution in [2.75, 3.05) is 42.9 Å². The molecule has 1 saturated heterocycles. The van der Waals surface area contributed by atoms with Gasteiger partial charge in [-0.3, -0.25) is 14.6 Å². The molecule has 0 radical (unpaired) electrons. The molecule has 4 aromatic rings. The van der Waals surface area contributed by atoms with Crippen molar-refractivity contribution in [2.45, 2.75) is 6.54 Å². The van der Waals surface area contributed by atoms with Gasteiger partial charge in [0.15, 0.2) is 11.6 Å². The topological polar surface area (TPSA) is 167 Å². The molecule has 40 heavy (non-hydrogen) atoms. The fraction of sp³-hybridized carbons (Fsp3) is 0.231. The third-order valence-electron chi connectivity index (χ3n) is 6.30. The SMILES string of the molecule is O=C(O)c1ccc(C(=O)NCC(=O)N2CCN(c3ccc(-c4cc(CNc5ccon5)on4)cc3F)CC2)nc1. The van der Waals surface area contributed by atoms with Crippen LogP contribution in [0.2, 0.25) is 0 Å². The zero-order valence-corrected chi connectivity index (χ0v) is 21.0. The van der Waals surface area contributed by atoms with Gasteiger partial charge >= 0.3 is 5.97 Å². The van der Waals surface area contributed by atoms with Gasteiger partial charge in [-0.05, 0) is 24.3 Å². The highest BCUT2D eigenvalue weighted by molar-refractivity contribution is 5.95. The van der Waals surface area contributed by atoms with Crippen molar-refractivity contribution in [1.82, 2.24) is 25.5 Å². The van der Waals surface area contributed by atoms with E-state index in [1.54, 1.807) is 29.2 Å². The number of carbonyl (C=O) groups is 3. The summed E-state index contributed by atoms with van der Waals surface area (Å²) in [6.07, 6.45) is 2.52. The fourth-order valence-corrected chi connectivity index (χ4v) is 4.15. The van der Waals surface area contributed by atoms with E-state index < -0.39 is 17.7 Å². The number of nitrogens with zero attached hydrogens (tertiary/aromatic N) is 5. The first-order valence-corrected chi connectivity index (χ1v) is 12.3. The average molecular weight is 550 g/mol. The Morgan fingerprint density at radius 3 is 2.52 bits per heavy atom. The average Bonchev–Trinajstić information content (AvgIpc) is 3.67. The maximum atomic E-state index is 15.1. The molecule has 0 unspecified atom stereocenters. The summed E-state index contributed by atoms with van der Waals surface area (Å²) >= 11 is 0. The summed E-state index contributed by atoms with van der Waals surface area (Å²) in [5.74, 6) is -1.34. The lowest BCUT2D eigenvalue weighted by Crippen LogP contribution is -2.51. The van der Waals surface area contributed by atoms with Crippen LogP contribution in [-0.2, 0) is 11.3 Å². The number of aromatic carboxylic acids is 1. The van der Waals surface area contributed by atoms with Crippen LogP contribution in [0.3, 0.4) is 0 Å². The Labute approximate surface area is 226 Å². The molecule has 4 heterocycles. The standard InChI is InChI=1S/C26H24FN7O6/c27-19-11-16(21-12-18(40-31-21)14-29-23-5-10-39-32-23)2-4-22(19)33-6-8-34(9-7-33)24(35)15-30-25(36)20-3-1-17(13-28-20)26(37)38/h1-5,10-13H,6-9,14-15H2,(H,29,32)(H,30,36)(H,37,38). The number of carboxylic acids is 1. The second-order valence-electron chi connectivity index (χ2n) is 8.87. The summed E-state index contributed by atoms with van der Waals surface area (Å²) in [4.78, 5) is 43.0. The van der Waals surface area contributed by atoms with Gasteiger partial charge in [-0.25, -0.2) is 9.18 Å². The van der Waals surface area contributed by atoms with Gasteiger partial charge in [0.05, 0.1) is 24.3 Å². The molecule has 0 bridgehead atoms. The number of anilines is 2. The zero-order chi connectivity index (χ0) is 28.1. The van der Waals surface area contributed by atoms with E-state index >= 15 is 4.39 Å². The van der Waals surface area contributed by atoms with E-state index in [1.165, 1.54) is 24.5 Å².